The zero-order valence-corrected chi connectivity index (χ0v) is 28.4. The van der Waals surface area contributed by atoms with E-state index in [1.54, 1.807) is 7.11 Å². The van der Waals surface area contributed by atoms with Crippen LogP contribution in [0.25, 0.3) is 16.7 Å². The molecule has 46 heavy (non-hydrogen) atoms. The first-order chi connectivity index (χ1) is 21.8. The Hall–Kier alpha value is -3.62. The van der Waals surface area contributed by atoms with Gasteiger partial charge in [0.05, 0.1) is 13.2 Å². The molecule has 3 aliphatic carbocycles. The number of methoxy groups -OCH3 is 1. The molecule has 4 atom stereocenters. The van der Waals surface area contributed by atoms with Crippen molar-refractivity contribution in [2.75, 3.05) is 54.4 Å². The average molecular weight is 623 g/mol. The average Bonchev–Trinajstić information content (AvgIpc) is 3.00. The van der Waals surface area contributed by atoms with E-state index in [9.17, 15) is 10.2 Å². The first-order valence-electron chi connectivity index (χ1n) is 16.4. The van der Waals surface area contributed by atoms with Gasteiger partial charge in [-0.3, -0.25) is 9.80 Å². The van der Waals surface area contributed by atoms with E-state index in [0.29, 0.717) is 17.6 Å². The SMILES string of the molecule is C=C(N)C1=C(O)[C@@H](N(C)C)[C@@H]2C[C@@H]3Cc4c(-c5ccc(OC)c(CN6CCN(C)CC6)c5)ccc(C)c4C(=C)C3=C(C)[C@]2(O)C1=C. The zero-order valence-electron chi connectivity index (χ0n) is 28.4. The summed E-state index contributed by atoms with van der Waals surface area (Å²) in [6, 6.07) is 10.6. The highest BCUT2D eigenvalue weighted by molar-refractivity contribution is 5.89. The van der Waals surface area contributed by atoms with Crippen molar-refractivity contribution in [1.82, 2.24) is 14.7 Å². The van der Waals surface area contributed by atoms with Crippen LogP contribution in [0.1, 0.15) is 35.6 Å². The first kappa shape index (κ1) is 32.3. The molecule has 1 saturated heterocycles. The highest BCUT2D eigenvalue weighted by atomic mass is 16.5. The van der Waals surface area contributed by atoms with Gasteiger partial charge in [-0.15, -0.1) is 0 Å². The molecule has 244 valence electrons. The van der Waals surface area contributed by atoms with Crippen LogP contribution in [0.4, 0.5) is 0 Å². The van der Waals surface area contributed by atoms with Crippen molar-refractivity contribution in [2.24, 2.45) is 17.6 Å². The van der Waals surface area contributed by atoms with Crippen molar-refractivity contribution in [3.8, 4) is 16.9 Å². The fraction of sp³-hybridized carbons (Fsp3) is 0.436. The Morgan fingerprint density at radius 1 is 1.11 bits per heavy atom. The van der Waals surface area contributed by atoms with Crippen LogP contribution in [0.15, 0.2) is 83.8 Å². The molecule has 2 aromatic carbocycles. The maximum absolute atomic E-state index is 12.6. The van der Waals surface area contributed by atoms with Crippen LogP contribution in [-0.4, -0.2) is 91.0 Å². The Kier molecular flexibility index (Phi) is 8.34. The quantitative estimate of drug-likeness (QED) is 0.395. The highest BCUT2D eigenvalue weighted by Gasteiger charge is 2.57. The third-order valence-corrected chi connectivity index (χ3v) is 11.2. The minimum atomic E-state index is -1.38. The number of nitrogens with zero attached hydrogens (tertiary/aromatic N) is 3. The topological polar surface area (TPSA) is 85.4 Å². The molecule has 4 N–H and O–H groups in total. The number of aryl methyl sites for hydroxylation is 1. The summed E-state index contributed by atoms with van der Waals surface area (Å²) in [5, 5.41) is 24.1. The lowest BCUT2D eigenvalue weighted by Gasteiger charge is -2.54. The van der Waals surface area contributed by atoms with E-state index in [4.69, 9.17) is 10.5 Å². The minimum absolute atomic E-state index is 0.125. The maximum Gasteiger partial charge on any atom is 0.123 e. The van der Waals surface area contributed by atoms with Gasteiger partial charge in [-0.25, -0.2) is 0 Å². The highest BCUT2D eigenvalue weighted by Crippen LogP contribution is 2.58. The van der Waals surface area contributed by atoms with Gasteiger partial charge in [-0.2, -0.15) is 0 Å². The van der Waals surface area contributed by atoms with Gasteiger partial charge in [-0.05, 0) is 116 Å². The molecule has 0 bridgehead atoms. The minimum Gasteiger partial charge on any atom is -0.510 e. The molecule has 4 aliphatic rings. The Labute approximate surface area is 274 Å². The second kappa shape index (κ2) is 11.9. The molecule has 0 saturated carbocycles. The summed E-state index contributed by atoms with van der Waals surface area (Å²) in [6.45, 7) is 22.1. The molecule has 7 heteroatoms. The van der Waals surface area contributed by atoms with Crippen molar-refractivity contribution >= 4 is 5.57 Å². The summed E-state index contributed by atoms with van der Waals surface area (Å²) in [7, 11) is 7.80. The van der Waals surface area contributed by atoms with Crippen molar-refractivity contribution in [3.05, 3.63) is 106 Å². The normalized spacial score (nSPS) is 27.1. The number of hydrogen-bond acceptors (Lipinski definition) is 7. The van der Waals surface area contributed by atoms with E-state index in [0.717, 1.165) is 67.2 Å². The molecule has 6 rings (SSSR count). The first-order valence-corrected chi connectivity index (χ1v) is 16.4. The fourth-order valence-electron chi connectivity index (χ4n) is 8.86. The van der Waals surface area contributed by atoms with Crippen LogP contribution in [0.5, 0.6) is 5.75 Å². The van der Waals surface area contributed by atoms with Crippen LogP contribution in [-0.2, 0) is 13.0 Å². The van der Waals surface area contributed by atoms with Crippen molar-refractivity contribution < 1.29 is 14.9 Å². The molecule has 1 heterocycles. The number of rotatable bonds is 6. The van der Waals surface area contributed by atoms with Crippen LogP contribution < -0.4 is 10.5 Å². The molecule has 0 unspecified atom stereocenters. The number of ether oxygens (including phenoxy) is 1. The monoisotopic (exact) mass is 622 g/mol. The molecular formula is C39H50N4O3. The summed E-state index contributed by atoms with van der Waals surface area (Å²) in [5.41, 5.74) is 15.9. The number of likely N-dealkylation sites (N-methyl/N-ethyl adjacent to an activating group) is 2. The Balaban J connectivity index is 1.45. The number of piperazine rings is 1. The lowest BCUT2D eigenvalue weighted by atomic mass is 9.55. The number of nitrogens with two attached hydrogens (primary N) is 1. The van der Waals surface area contributed by atoms with Gasteiger partial charge >= 0.3 is 0 Å². The second-order valence-electron chi connectivity index (χ2n) is 14.1. The summed E-state index contributed by atoms with van der Waals surface area (Å²) in [4.78, 5) is 6.85. The Morgan fingerprint density at radius 3 is 2.43 bits per heavy atom. The van der Waals surface area contributed by atoms with Crippen LogP contribution in [0.2, 0.25) is 0 Å². The number of aliphatic hydroxyl groups is 2. The van der Waals surface area contributed by atoms with E-state index >= 15 is 0 Å². The van der Waals surface area contributed by atoms with Crippen molar-refractivity contribution in [3.63, 3.8) is 0 Å². The van der Waals surface area contributed by atoms with Gasteiger partial charge in [0.1, 0.15) is 17.1 Å². The van der Waals surface area contributed by atoms with Crippen molar-refractivity contribution in [1.29, 1.82) is 0 Å². The van der Waals surface area contributed by atoms with E-state index in [2.05, 4.69) is 73.8 Å². The van der Waals surface area contributed by atoms with Crippen molar-refractivity contribution in [2.45, 2.75) is 44.9 Å². The van der Waals surface area contributed by atoms with Gasteiger partial charge in [-0.1, -0.05) is 37.9 Å². The Bertz CT molecular complexity index is 1690. The maximum atomic E-state index is 12.6. The standard InChI is InChI=1S/C39H50N4O3/c1-22-10-12-30(27-11-13-33(46-9)29(18-27)21-43-16-14-42(8)15-17-43)31-19-28-20-32-37(41(6)7)38(44)36(26(5)40)25(4)39(32,45)24(3)35(28)23(2)34(22)31/h10-13,18,28,32,37,44-45H,2,4-5,14-17,19-21,40H2,1,3,6-9H3/t28-,32-,37-,39-/m0/s1. The fourth-order valence-corrected chi connectivity index (χ4v) is 8.86. The van der Waals surface area contributed by atoms with Gasteiger partial charge < -0.3 is 25.6 Å². The molecule has 1 fully saturated rings. The molecule has 0 radical (unpaired) electrons. The molecular weight excluding hydrogens is 572 g/mol. The number of aliphatic hydroxyl groups excluding tert-OH is 1. The lowest BCUT2D eigenvalue weighted by Crippen LogP contribution is -2.58. The van der Waals surface area contributed by atoms with Gasteiger partial charge in [0.25, 0.3) is 0 Å². The van der Waals surface area contributed by atoms with Crippen LogP contribution in [0.3, 0.4) is 0 Å². The molecule has 0 spiro atoms. The molecule has 0 aromatic heterocycles. The number of fused-ring (bicyclic) bond motifs is 3. The largest absolute Gasteiger partial charge is 0.510 e. The van der Waals surface area contributed by atoms with E-state index in [1.165, 1.54) is 27.8 Å². The molecule has 7 nitrogen and oxygen atoms in total. The third kappa shape index (κ3) is 4.96. The molecule has 0 amide bonds. The van der Waals surface area contributed by atoms with Gasteiger partial charge in [0.2, 0.25) is 0 Å². The second-order valence-corrected chi connectivity index (χ2v) is 14.1. The number of hydrogen-bond donors (Lipinski definition) is 3. The summed E-state index contributed by atoms with van der Waals surface area (Å²) in [6.07, 6.45) is 1.49. The smallest absolute Gasteiger partial charge is 0.123 e. The number of benzene rings is 2. The summed E-state index contributed by atoms with van der Waals surface area (Å²) in [5.74, 6) is 0.858. The third-order valence-electron chi connectivity index (χ3n) is 11.2. The van der Waals surface area contributed by atoms with E-state index in [-0.39, 0.29) is 23.3 Å². The van der Waals surface area contributed by atoms with Crippen LogP contribution in [0, 0.1) is 18.8 Å². The summed E-state index contributed by atoms with van der Waals surface area (Å²) < 4.78 is 5.83. The number of allylic oxidation sites excluding steroid dienone is 3. The van der Waals surface area contributed by atoms with Gasteiger partial charge in [0.15, 0.2) is 0 Å². The predicted octanol–water partition coefficient (Wildman–Crippen LogP) is 5.46. The molecule has 2 aromatic rings. The lowest BCUT2D eigenvalue weighted by molar-refractivity contribution is -0.0178. The zero-order chi connectivity index (χ0) is 33.2. The van der Waals surface area contributed by atoms with Crippen LogP contribution >= 0.6 is 0 Å². The summed E-state index contributed by atoms with van der Waals surface area (Å²) >= 11 is 0. The Morgan fingerprint density at radius 2 is 1.80 bits per heavy atom. The van der Waals surface area contributed by atoms with Gasteiger partial charge in [0, 0.05) is 55.5 Å². The van der Waals surface area contributed by atoms with E-state index in [1.807, 2.05) is 25.9 Å². The molecule has 1 aliphatic heterocycles. The predicted molar refractivity (Wildman–Crippen MR) is 188 cm³/mol. The van der Waals surface area contributed by atoms with E-state index < -0.39 is 11.6 Å².